The summed E-state index contributed by atoms with van der Waals surface area (Å²) in [6.45, 7) is 0. The van der Waals surface area contributed by atoms with E-state index in [4.69, 9.17) is 19.0 Å². The molecule has 0 amide bonds. The minimum atomic E-state index is -0.260. The Kier molecular flexibility index (Phi) is 4.89. The van der Waals surface area contributed by atoms with Crippen molar-refractivity contribution in [3.63, 3.8) is 0 Å². The Bertz CT molecular complexity index is 926. The maximum absolute atomic E-state index is 5.80. The summed E-state index contributed by atoms with van der Waals surface area (Å²) in [5, 5.41) is 0. The van der Waals surface area contributed by atoms with Crippen LogP contribution in [0.25, 0.3) is 0 Å². The third kappa shape index (κ3) is 4.19. The summed E-state index contributed by atoms with van der Waals surface area (Å²) in [5.74, 6) is 3.24. The average molecular weight is 362 g/mol. The molecule has 1 N–H and O–H groups in total. The Morgan fingerprint density at radius 1 is 0.852 bits per heavy atom. The van der Waals surface area contributed by atoms with Gasteiger partial charge in [0, 0.05) is 12.1 Å². The van der Waals surface area contributed by atoms with Gasteiger partial charge in [-0.05, 0) is 29.8 Å². The van der Waals surface area contributed by atoms with Gasteiger partial charge < -0.3 is 14.2 Å². The van der Waals surface area contributed by atoms with Crippen molar-refractivity contribution in [1.29, 1.82) is 0 Å². The van der Waals surface area contributed by atoms with Gasteiger partial charge in [0.1, 0.15) is 23.4 Å². The molecule has 0 bridgehead atoms. The van der Waals surface area contributed by atoms with Crippen LogP contribution in [0.15, 0.2) is 85.0 Å². The number of hydroxylamine groups is 1. The van der Waals surface area contributed by atoms with Crippen LogP contribution in [0.4, 0.5) is 0 Å². The number of nitrogens with zero attached hydrogens (tertiary/aromatic N) is 1. The lowest BCUT2D eigenvalue weighted by atomic mass is 10.1. The van der Waals surface area contributed by atoms with E-state index < -0.39 is 0 Å². The topological polar surface area (TPSA) is 61.8 Å². The summed E-state index contributed by atoms with van der Waals surface area (Å²) in [7, 11) is 1.58. The molecule has 0 saturated carbocycles. The minimum Gasteiger partial charge on any atom is -0.495 e. The highest BCUT2D eigenvalue weighted by molar-refractivity contribution is 5.35. The molecule has 0 aliphatic carbocycles. The molecule has 4 rings (SSSR count). The van der Waals surface area contributed by atoms with Crippen LogP contribution in [0.1, 0.15) is 11.7 Å². The Labute approximate surface area is 156 Å². The fourth-order valence-electron chi connectivity index (χ4n) is 2.59. The van der Waals surface area contributed by atoms with Crippen molar-refractivity contribution in [1.82, 2.24) is 10.5 Å². The van der Waals surface area contributed by atoms with Crippen molar-refractivity contribution in [2.45, 2.75) is 6.10 Å². The second kappa shape index (κ2) is 7.80. The summed E-state index contributed by atoms with van der Waals surface area (Å²) in [5.41, 5.74) is 3.76. The van der Waals surface area contributed by atoms with Crippen LogP contribution in [0, 0.1) is 0 Å². The number of pyridine rings is 1. The molecule has 2 heterocycles. The first-order valence-corrected chi connectivity index (χ1v) is 8.43. The molecule has 0 spiro atoms. The third-order valence-electron chi connectivity index (χ3n) is 3.93. The largest absolute Gasteiger partial charge is 0.495 e. The zero-order chi connectivity index (χ0) is 18.5. The summed E-state index contributed by atoms with van der Waals surface area (Å²) < 4.78 is 16.7. The fourth-order valence-corrected chi connectivity index (χ4v) is 2.59. The van der Waals surface area contributed by atoms with Crippen molar-refractivity contribution < 1.29 is 19.0 Å². The molecule has 3 aromatic rings. The Balaban J connectivity index is 1.41. The number of para-hydroxylation sites is 1. The number of benzene rings is 2. The van der Waals surface area contributed by atoms with E-state index in [0.29, 0.717) is 17.4 Å². The Morgan fingerprint density at radius 2 is 1.59 bits per heavy atom. The third-order valence-corrected chi connectivity index (χ3v) is 3.93. The highest BCUT2D eigenvalue weighted by Crippen LogP contribution is 2.29. The molecular formula is C21H18N2O4. The van der Waals surface area contributed by atoms with Crippen LogP contribution in [-0.4, -0.2) is 12.1 Å². The van der Waals surface area contributed by atoms with Crippen LogP contribution in [0.3, 0.4) is 0 Å². The zero-order valence-corrected chi connectivity index (χ0v) is 14.7. The highest BCUT2D eigenvalue weighted by atomic mass is 16.7. The molecule has 0 saturated heterocycles. The van der Waals surface area contributed by atoms with Gasteiger partial charge in [-0.25, -0.2) is 5.48 Å². The van der Waals surface area contributed by atoms with E-state index in [1.807, 2.05) is 60.7 Å². The number of nitrogens with one attached hydrogen (secondary N) is 1. The molecule has 1 atom stereocenters. The number of aromatic nitrogens is 1. The van der Waals surface area contributed by atoms with Gasteiger partial charge in [-0.2, -0.15) is 0 Å². The molecule has 1 aromatic heterocycles. The van der Waals surface area contributed by atoms with E-state index in [1.54, 1.807) is 25.6 Å². The SMILES string of the molecule is COc1cncc(OC2=CC(c3ccc(Oc4ccccc4)cc3)ON2)c1. The number of ether oxygens (including phenoxy) is 3. The first-order chi connectivity index (χ1) is 13.3. The average Bonchev–Trinajstić information content (AvgIpc) is 3.18. The predicted octanol–water partition coefficient (Wildman–Crippen LogP) is 4.38. The second-order valence-electron chi connectivity index (χ2n) is 5.82. The van der Waals surface area contributed by atoms with Crippen molar-refractivity contribution in [2.24, 2.45) is 0 Å². The zero-order valence-electron chi connectivity index (χ0n) is 14.7. The molecule has 6 nitrogen and oxygen atoms in total. The van der Waals surface area contributed by atoms with E-state index in [9.17, 15) is 0 Å². The first kappa shape index (κ1) is 16.9. The van der Waals surface area contributed by atoms with Gasteiger partial charge in [0.25, 0.3) is 0 Å². The molecule has 0 radical (unpaired) electrons. The summed E-state index contributed by atoms with van der Waals surface area (Å²) in [4.78, 5) is 9.64. The van der Waals surface area contributed by atoms with Crippen LogP contribution in [0.2, 0.25) is 0 Å². The molecule has 6 heteroatoms. The molecule has 1 aliphatic rings. The normalized spacial score (nSPS) is 15.6. The van der Waals surface area contributed by atoms with E-state index >= 15 is 0 Å². The number of rotatable bonds is 6. The Morgan fingerprint density at radius 3 is 2.37 bits per heavy atom. The summed E-state index contributed by atoms with van der Waals surface area (Å²) in [6, 6.07) is 19.1. The summed E-state index contributed by atoms with van der Waals surface area (Å²) in [6.07, 6.45) is 4.81. The first-order valence-electron chi connectivity index (χ1n) is 8.43. The van der Waals surface area contributed by atoms with Crippen LogP contribution in [0.5, 0.6) is 23.0 Å². The van der Waals surface area contributed by atoms with Crippen molar-refractivity contribution >= 4 is 0 Å². The van der Waals surface area contributed by atoms with Gasteiger partial charge in [0.15, 0.2) is 5.75 Å². The standard InChI is InChI=1S/C21H18N2O4/c1-24-18-11-19(14-22-13-18)26-21-12-20(27-23-21)15-7-9-17(10-8-15)25-16-5-3-2-4-6-16/h2-14,20,23H,1H3. The minimum absolute atomic E-state index is 0.260. The Hall–Kier alpha value is -3.51. The maximum atomic E-state index is 5.80. The van der Waals surface area contributed by atoms with Gasteiger partial charge in [0.2, 0.25) is 5.88 Å². The van der Waals surface area contributed by atoms with Gasteiger partial charge in [-0.3, -0.25) is 9.82 Å². The van der Waals surface area contributed by atoms with Gasteiger partial charge in [0.05, 0.1) is 19.5 Å². The molecule has 1 aliphatic heterocycles. The van der Waals surface area contributed by atoms with Gasteiger partial charge in [-0.1, -0.05) is 30.3 Å². The molecule has 2 aromatic carbocycles. The quantitative estimate of drug-likeness (QED) is 0.702. The molecular weight excluding hydrogens is 344 g/mol. The van der Waals surface area contributed by atoms with Crippen molar-refractivity contribution in [3.8, 4) is 23.0 Å². The van der Waals surface area contributed by atoms with Crippen LogP contribution >= 0.6 is 0 Å². The van der Waals surface area contributed by atoms with Gasteiger partial charge >= 0.3 is 0 Å². The predicted molar refractivity (Wildman–Crippen MR) is 99.4 cm³/mol. The number of hydrogen-bond acceptors (Lipinski definition) is 6. The van der Waals surface area contributed by atoms with E-state index in [2.05, 4.69) is 10.5 Å². The molecule has 0 fully saturated rings. The lowest BCUT2D eigenvalue weighted by Gasteiger charge is -2.09. The van der Waals surface area contributed by atoms with Crippen LogP contribution < -0.4 is 19.7 Å². The van der Waals surface area contributed by atoms with Crippen LogP contribution in [-0.2, 0) is 4.84 Å². The van der Waals surface area contributed by atoms with Crippen molar-refractivity contribution in [2.75, 3.05) is 7.11 Å². The monoisotopic (exact) mass is 362 g/mol. The van der Waals surface area contributed by atoms with Gasteiger partial charge in [-0.15, -0.1) is 0 Å². The maximum Gasteiger partial charge on any atom is 0.216 e. The molecule has 27 heavy (non-hydrogen) atoms. The fraction of sp³-hybridized carbons (Fsp3) is 0.0952. The van der Waals surface area contributed by atoms with E-state index in [0.717, 1.165) is 17.1 Å². The summed E-state index contributed by atoms with van der Waals surface area (Å²) >= 11 is 0. The second-order valence-corrected chi connectivity index (χ2v) is 5.82. The smallest absolute Gasteiger partial charge is 0.216 e. The van der Waals surface area contributed by atoms with E-state index in [-0.39, 0.29) is 6.10 Å². The highest BCUT2D eigenvalue weighted by Gasteiger charge is 2.20. The number of methoxy groups -OCH3 is 1. The lowest BCUT2D eigenvalue weighted by Crippen LogP contribution is -2.12. The van der Waals surface area contributed by atoms with E-state index in [1.165, 1.54) is 0 Å². The lowest BCUT2D eigenvalue weighted by molar-refractivity contribution is 0.0273. The number of hydrogen-bond donors (Lipinski definition) is 1. The molecule has 1 unspecified atom stereocenters. The molecule has 136 valence electrons. The van der Waals surface area contributed by atoms with Crippen molar-refractivity contribution in [3.05, 3.63) is 90.6 Å².